The third-order valence-electron chi connectivity index (χ3n) is 7.89. The minimum atomic E-state index is -0.760. The van der Waals surface area contributed by atoms with Gasteiger partial charge in [0, 0.05) is 11.1 Å². The topological polar surface area (TPSA) is 91.1 Å². The van der Waals surface area contributed by atoms with Gasteiger partial charge in [0.2, 0.25) is 0 Å². The number of methoxy groups -OCH3 is 2. The molecule has 0 spiro atoms. The molecule has 1 aliphatic heterocycles. The first-order valence-electron chi connectivity index (χ1n) is 14.6. The van der Waals surface area contributed by atoms with Crippen LogP contribution in [0, 0.1) is 6.92 Å². The molecule has 0 fully saturated rings. The van der Waals surface area contributed by atoms with Crippen molar-refractivity contribution in [2.45, 2.75) is 26.8 Å². The Morgan fingerprint density at radius 2 is 1.64 bits per heavy atom. The lowest BCUT2D eigenvalue weighted by molar-refractivity contribution is -0.113. The maximum Gasteiger partial charge on any atom is 0.271 e. The van der Waals surface area contributed by atoms with Gasteiger partial charge in [-0.25, -0.2) is 4.99 Å². The second-order valence-electron chi connectivity index (χ2n) is 10.6. The predicted molar refractivity (Wildman–Crippen MR) is 178 cm³/mol. The van der Waals surface area contributed by atoms with E-state index < -0.39 is 6.04 Å². The lowest BCUT2D eigenvalue weighted by Gasteiger charge is -2.26. The molecule has 0 saturated heterocycles. The van der Waals surface area contributed by atoms with Gasteiger partial charge in [-0.3, -0.25) is 14.2 Å². The van der Waals surface area contributed by atoms with Gasteiger partial charge < -0.3 is 19.5 Å². The number of hydrogen-bond donors (Lipinski definition) is 1. The number of carbonyl (C=O) groups excluding carboxylic acids is 1. The predicted octanol–water partition coefficient (Wildman–Crippen LogP) is 5.75. The van der Waals surface area contributed by atoms with E-state index in [9.17, 15) is 9.59 Å². The van der Waals surface area contributed by atoms with Crippen molar-refractivity contribution in [1.29, 1.82) is 0 Å². The second-order valence-corrected chi connectivity index (χ2v) is 11.6. The van der Waals surface area contributed by atoms with Gasteiger partial charge in [0.25, 0.3) is 11.5 Å². The summed E-state index contributed by atoms with van der Waals surface area (Å²) in [6.07, 6.45) is 1.89. The largest absolute Gasteiger partial charge is 0.493 e. The first-order valence-corrected chi connectivity index (χ1v) is 15.4. The highest BCUT2D eigenvalue weighted by Gasteiger charge is 2.33. The van der Waals surface area contributed by atoms with Crippen molar-refractivity contribution in [3.8, 4) is 17.2 Å². The number of nitrogens with one attached hydrogen (secondary N) is 1. The summed E-state index contributed by atoms with van der Waals surface area (Å²) in [7, 11) is 3.12. The molecule has 1 atom stereocenters. The van der Waals surface area contributed by atoms with Gasteiger partial charge in [-0.2, -0.15) is 0 Å². The third kappa shape index (κ3) is 5.51. The van der Waals surface area contributed by atoms with E-state index in [0.29, 0.717) is 50.0 Å². The molecular formula is C36H33N3O5S. The average Bonchev–Trinajstić information content (AvgIpc) is 3.35. The molecule has 228 valence electrons. The van der Waals surface area contributed by atoms with E-state index >= 15 is 0 Å². The zero-order valence-corrected chi connectivity index (χ0v) is 26.5. The van der Waals surface area contributed by atoms with Crippen molar-refractivity contribution in [2.75, 3.05) is 26.1 Å². The highest BCUT2D eigenvalue weighted by atomic mass is 32.1. The van der Waals surface area contributed by atoms with Crippen LogP contribution in [0.4, 0.5) is 5.69 Å². The Morgan fingerprint density at radius 3 is 2.38 bits per heavy atom. The van der Waals surface area contributed by atoms with E-state index in [4.69, 9.17) is 19.2 Å². The van der Waals surface area contributed by atoms with Crippen molar-refractivity contribution < 1.29 is 19.0 Å². The number of amides is 1. The minimum Gasteiger partial charge on any atom is -0.493 e. The highest BCUT2D eigenvalue weighted by Crippen LogP contribution is 2.36. The fourth-order valence-corrected chi connectivity index (χ4v) is 6.73. The number of hydrogen-bond acceptors (Lipinski definition) is 7. The van der Waals surface area contributed by atoms with Gasteiger partial charge in [0.15, 0.2) is 16.3 Å². The van der Waals surface area contributed by atoms with Crippen molar-refractivity contribution in [3.05, 3.63) is 127 Å². The van der Waals surface area contributed by atoms with E-state index in [1.807, 2.05) is 86.7 Å². The Morgan fingerprint density at radius 1 is 0.933 bits per heavy atom. The number of rotatable bonds is 8. The van der Waals surface area contributed by atoms with Crippen LogP contribution < -0.4 is 34.4 Å². The quantitative estimate of drug-likeness (QED) is 0.239. The number of para-hydroxylation sites is 1. The number of anilines is 1. The van der Waals surface area contributed by atoms with Gasteiger partial charge in [-0.05, 0) is 73.2 Å². The fourth-order valence-electron chi connectivity index (χ4n) is 5.70. The first-order chi connectivity index (χ1) is 21.8. The number of allylic oxidation sites excluding steroid dienone is 1. The van der Waals surface area contributed by atoms with E-state index in [1.165, 1.54) is 11.3 Å². The molecule has 8 nitrogen and oxygen atoms in total. The summed E-state index contributed by atoms with van der Waals surface area (Å²) in [5.41, 5.74) is 3.84. The summed E-state index contributed by atoms with van der Waals surface area (Å²) < 4.78 is 19.0. The molecule has 0 radical (unpaired) electrons. The molecule has 4 aromatic carbocycles. The average molecular weight is 620 g/mol. The first kappa shape index (κ1) is 29.9. The van der Waals surface area contributed by atoms with Crippen molar-refractivity contribution in [2.24, 2.45) is 4.99 Å². The van der Waals surface area contributed by atoms with Gasteiger partial charge in [-0.15, -0.1) is 0 Å². The summed E-state index contributed by atoms with van der Waals surface area (Å²) in [4.78, 5) is 33.6. The number of carbonyl (C=O) groups is 1. The van der Waals surface area contributed by atoms with Crippen LogP contribution in [-0.2, 0) is 4.79 Å². The molecule has 45 heavy (non-hydrogen) atoms. The Kier molecular flexibility index (Phi) is 8.28. The molecule has 2 heterocycles. The Hall–Kier alpha value is -5.15. The Bertz CT molecular complexity index is 2160. The molecule has 1 aromatic heterocycles. The van der Waals surface area contributed by atoms with Crippen LogP contribution in [0.15, 0.2) is 99.9 Å². The van der Waals surface area contributed by atoms with Crippen molar-refractivity contribution in [3.63, 3.8) is 0 Å². The summed E-state index contributed by atoms with van der Waals surface area (Å²) >= 11 is 1.29. The van der Waals surface area contributed by atoms with Gasteiger partial charge in [-0.1, -0.05) is 65.9 Å². The summed E-state index contributed by atoms with van der Waals surface area (Å²) in [5.74, 6) is 1.49. The third-order valence-corrected chi connectivity index (χ3v) is 8.87. The SMILES string of the molecule is CCOc1ccc(/C=c2\sc3n(c2=O)[C@@H](c2ccc(OC)c(OC)c2)C(C(=O)Nc2ccccc2C)=C(C)N=3)c2ccccc12. The Labute approximate surface area is 264 Å². The monoisotopic (exact) mass is 619 g/mol. The van der Waals surface area contributed by atoms with Crippen molar-refractivity contribution in [1.82, 2.24) is 4.57 Å². The van der Waals surface area contributed by atoms with Gasteiger partial charge in [0.1, 0.15) is 5.75 Å². The van der Waals surface area contributed by atoms with E-state index in [1.54, 1.807) is 37.8 Å². The molecule has 6 rings (SSSR count). The number of thiazole rings is 1. The number of benzene rings is 4. The van der Waals surface area contributed by atoms with Crippen LogP contribution in [0.1, 0.15) is 36.6 Å². The molecule has 1 amide bonds. The molecular weight excluding hydrogens is 586 g/mol. The number of nitrogens with zero attached hydrogens (tertiary/aromatic N) is 2. The van der Waals surface area contributed by atoms with E-state index in [0.717, 1.165) is 27.6 Å². The molecule has 0 bridgehead atoms. The standard InChI is InChI=1S/C36H33N3O5S/c1-6-44-28-17-15-23(25-12-8-9-13-26(25)28)20-31-35(41)39-33(24-16-18-29(42-4)30(19-24)43-5)32(22(3)37-36(39)45-31)34(40)38-27-14-10-7-11-21(27)2/h7-20,33H,6H2,1-5H3,(H,38,40)/b31-20-/t33-/m0/s1. The maximum absolute atomic E-state index is 14.3. The zero-order chi connectivity index (χ0) is 31.7. The van der Waals surface area contributed by atoms with Crippen LogP contribution in [0.3, 0.4) is 0 Å². The zero-order valence-electron chi connectivity index (χ0n) is 25.7. The van der Waals surface area contributed by atoms with E-state index in [-0.39, 0.29) is 11.5 Å². The minimum absolute atomic E-state index is 0.245. The second kappa shape index (κ2) is 12.5. The summed E-state index contributed by atoms with van der Waals surface area (Å²) in [6, 6.07) is 24.1. The molecule has 0 aliphatic carbocycles. The number of fused-ring (bicyclic) bond motifs is 2. The lowest BCUT2D eigenvalue weighted by atomic mass is 9.94. The van der Waals surface area contributed by atoms with Crippen LogP contribution in [-0.4, -0.2) is 31.3 Å². The lowest BCUT2D eigenvalue weighted by Crippen LogP contribution is -2.40. The van der Waals surface area contributed by atoms with Gasteiger partial charge >= 0.3 is 0 Å². The number of aromatic nitrogens is 1. The smallest absolute Gasteiger partial charge is 0.271 e. The van der Waals surface area contributed by atoms with Gasteiger partial charge in [0.05, 0.1) is 42.7 Å². The van der Waals surface area contributed by atoms with Crippen LogP contribution in [0.5, 0.6) is 17.2 Å². The molecule has 0 saturated carbocycles. The molecule has 1 aliphatic rings. The Balaban J connectivity index is 1.54. The maximum atomic E-state index is 14.3. The highest BCUT2D eigenvalue weighted by molar-refractivity contribution is 7.07. The number of aryl methyl sites for hydroxylation is 1. The molecule has 9 heteroatoms. The fraction of sp³-hybridized carbons (Fsp3) is 0.194. The molecule has 5 aromatic rings. The molecule has 0 unspecified atom stereocenters. The summed E-state index contributed by atoms with van der Waals surface area (Å²) in [6.45, 7) is 6.24. The van der Waals surface area contributed by atoms with Crippen molar-refractivity contribution >= 4 is 39.8 Å². The summed E-state index contributed by atoms with van der Waals surface area (Å²) in [5, 5.41) is 4.99. The number of ether oxygens (including phenoxy) is 3. The molecule has 1 N–H and O–H groups in total. The van der Waals surface area contributed by atoms with E-state index in [2.05, 4.69) is 5.32 Å². The van der Waals surface area contributed by atoms with Crippen LogP contribution in [0.2, 0.25) is 0 Å². The van der Waals surface area contributed by atoms with Crippen LogP contribution in [0.25, 0.3) is 16.8 Å². The normalized spacial score (nSPS) is 14.6. The van der Waals surface area contributed by atoms with Crippen LogP contribution >= 0.6 is 11.3 Å².